The van der Waals surface area contributed by atoms with Crippen molar-refractivity contribution in [3.8, 4) is 0 Å². The molecule has 0 aliphatic carbocycles. The number of carboxylic acids is 1. The summed E-state index contributed by atoms with van der Waals surface area (Å²) in [7, 11) is 0. The lowest BCUT2D eigenvalue weighted by atomic mass is 10.1. The van der Waals surface area contributed by atoms with E-state index in [2.05, 4.69) is 4.98 Å². The maximum Gasteiger partial charge on any atom is 0.328 e. The van der Waals surface area contributed by atoms with Crippen LogP contribution >= 0.6 is 11.6 Å². The van der Waals surface area contributed by atoms with Gasteiger partial charge in [-0.3, -0.25) is 4.98 Å². The number of benzene rings is 1. The summed E-state index contributed by atoms with van der Waals surface area (Å²) < 4.78 is 0. The average Bonchev–Trinajstić information content (AvgIpc) is 2.28. The molecule has 16 heavy (non-hydrogen) atoms. The minimum absolute atomic E-state index is 0.517. The highest BCUT2D eigenvalue weighted by atomic mass is 35.5. The Morgan fingerprint density at radius 3 is 2.94 bits per heavy atom. The molecule has 0 saturated heterocycles. The van der Waals surface area contributed by atoms with E-state index in [1.807, 2.05) is 12.1 Å². The average molecular weight is 234 g/mol. The topological polar surface area (TPSA) is 50.2 Å². The van der Waals surface area contributed by atoms with Crippen LogP contribution in [0.1, 0.15) is 5.56 Å². The fourth-order valence-electron chi connectivity index (χ4n) is 1.42. The van der Waals surface area contributed by atoms with E-state index in [1.54, 1.807) is 18.3 Å². The van der Waals surface area contributed by atoms with Crippen LogP contribution in [0.15, 0.2) is 36.5 Å². The highest BCUT2D eigenvalue weighted by Gasteiger charge is 2.03. The van der Waals surface area contributed by atoms with E-state index in [0.29, 0.717) is 10.6 Å². The number of pyridine rings is 1. The summed E-state index contributed by atoms with van der Waals surface area (Å²) in [6, 6.07) is 7.20. The van der Waals surface area contributed by atoms with Gasteiger partial charge in [-0.05, 0) is 29.8 Å². The summed E-state index contributed by atoms with van der Waals surface area (Å²) in [6.45, 7) is 0. The van der Waals surface area contributed by atoms with E-state index in [-0.39, 0.29) is 0 Å². The second-order valence-corrected chi connectivity index (χ2v) is 3.59. The molecular formula is C12H8ClNO2. The van der Waals surface area contributed by atoms with Gasteiger partial charge in [0.1, 0.15) is 0 Å². The number of fused-ring (bicyclic) bond motifs is 1. The molecule has 1 aromatic heterocycles. The lowest BCUT2D eigenvalue weighted by Crippen LogP contribution is -1.87. The molecule has 1 N–H and O–H groups in total. The number of nitrogens with zero attached hydrogens (tertiary/aromatic N) is 1. The van der Waals surface area contributed by atoms with Gasteiger partial charge in [0, 0.05) is 17.7 Å². The van der Waals surface area contributed by atoms with Crippen molar-refractivity contribution in [1.82, 2.24) is 4.98 Å². The number of carbonyl (C=O) groups is 1. The first kappa shape index (κ1) is 10.6. The molecule has 0 spiro atoms. The van der Waals surface area contributed by atoms with E-state index < -0.39 is 5.97 Å². The van der Waals surface area contributed by atoms with Gasteiger partial charge in [0.05, 0.1) is 10.5 Å². The summed E-state index contributed by atoms with van der Waals surface area (Å²) in [4.78, 5) is 14.6. The summed E-state index contributed by atoms with van der Waals surface area (Å²) in [5.74, 6) is -0.998. The number of aliphatic carboxylic acids is 1. The molecule has 80 valence electrons. The molecule has 2 rings (SSSR count). The molecule has 0 aliphatic heterocycles. The molecule has 0 aliphatic rings. The van der Waals surface area contributed by atoms with Gasteiger partial charge in [0.2, 0.25) is 0 Å². The van der Waals surface area contributed by atoms with Crippen LogP contribution in [-0.4, -0.2) is 16.1 Å². The first-order valence-electron chi connectivity index (χ1n) is 4.63. The minimum Gasteiger partial charge on any atom is -0.478 e. The molecule has 0 amide bonds. The van der Waals surface area contributed by atoms with Crippen molar-refractivity contribution in [2.75, 3.05) is 0 Å². The maximum absolute atomic E-state index is 10.4. The van der Waals surface area contributed by atoms with Crippen LogP contribution in [0.5, 0.6) is 0 Å². The standard InChI is InChI=1S/C12H8ClNO2/c13-12-8(4-6-11(15)16)3-5-10-9(12)2-1-7-14-10/h1-7H,(H,15,16)/b6-4+. The van der Waals surface area contributed by atoms with Gasteiger partial charge in [0.25, 0.3) is 0 Å². The van der Waals surface area contributed by atoms with E-state index in [0.717, 1.165) is 17.0 Å². The normalized spacial score (nSPS) is 11.1. The third-order valence-corrected chi connectivity index (χ3v) is 2.58. The lowest BCUT2D eigenvalue weighted by Gasteiger charge is -2.02. The summed E-state index contributed by atoms with van der Waals surface area (Å²) in [5.41, 5.74) is 1.46. The van der Waals surface area contributed by atoms with Gasteiger partial charge in [-0.25, -0.2) is 4.79 Å². The van der Waals surface area contributed by atoms with Gasteiger partial charge in [0.15, 0.2) is 0 Å². The van der Waals surface area contributed by atoms with Crippen LogP contribution in [0.3, 0.4) is 0 Å². The second-order valence-electron chi connectivity index (χ2n) is 3.21. The molecule has 0 bridgehead atoms. The van der Waals surface area contributed by atoms with Crippen molar-refractivity contribution >= 4 is 34.5 Å². The third-order valence-electron chi connectivity index (χ3n) is 2.15. The highest BCUT2D eigenvalue weighted by molar-refractivity contribution is 6.36. The summed E-state index contributed by atoms with van der Waals surface area (Å²) in [6.07, 6.45) is 4.21. The molecule has 1 heterocycles. The van der Waals surface area contributed by atoms with Crippen LogP contribution in [0, 0.1) is 0 Å². The zero-order valence-electron chi connectivity index (χ0n) is 8.22. The van der Waals surface area contributed by atoms with Crippen molar-refractivity contribution in [2.24, 2.45) is 0 Å². The van der Waals surface area contributed by atoms with Crippen LogP contribution in [0.25, 0.3) is 17.0 Å². The van der Waals surface area contributed by atoms with Crippen molar-refractivity contribution in [2.45, 2.75) is 0 Å². The molecule has 1 aromatic carbocycles. The molecular weight excluding hydrogens is 226 g/mol. The van der Waals surface area contributed by atoms with Gasteiger partial charge < -0.3 is 5.11 Å². The predicted octanol–water partition coefficient (Wildman–Crippen LogP) is 2.99. The second kappa shape index (κ2) is 4.33. The minimum atomic E-state index is -0.998. The van der Waals surface area contributed by atoms with Crippen LogP contribution in [-0.2, 0) is 4.79 Å². The van der Waals surface area contributed by atoms with Crippen molar-refractivity contribution in [1.29, 1.82) is 0 Å². The predicted molar refractivity (Wildman–Crippen MR) is 63.4 cm³/mol. The zero-order valence-corrected chi connectivity index (χ0v) is 8.98. The van der Waals surface area contributed by atoms with Gasteiger partial charge in [-0.2, -0.15) is 0 Å². The molecule has 0 radical (unpaired) electrons. The molecule has 0 saturated carbocycles. The zero-order chi connectivity index (χ0) is 11.5. The van der Waals surface area contributed by atoms with Crippen LogP contribution < -0.4 is 0 Å². The number of hydrogen-bond donors (Lipinski definition) is 1. The Kier molecular flexibility index (Phi) is 2.88. The molecule has 2 aromatic rings. The number of carboxylic acid groups (broad SMARTS) is 1. The molecule has 3 nitrogen and oxygen atoms in total. The first-order valence-corrected chi connectivity index (χ1v) is 5.00. The smallest absolute Gasteiger partial charge is 0.328 e. The third kappa shape index (κ3) is 2.04. The van der Waals surface area contributed by atoms with E-state index in [9.17, 15) is 4.79 Å². The molecule has 0 atom stereocenters. The van der Waals surface area contributed by atoms with E-state index >= 15 is 0 Å². The maximum atomic E-state index is 10.4. The number of rotatable bonds is 2. The molecule has 0 fully saturated rings. The number of halogens is 1. The van der Waals surface area contributed by atoms with Crippen LogP contribution in [0.4, 0.5) is 0 Å². The van der Waals surface area contributed by atoms with Crippen molar-refractivity contribution < 1.29 is 9.90 Å². The number of aromatic nitrogens is 1. The van der Waals surface area contributed by atoms with Crippen molar-refractivity contribution in [3.05, 3.63) is 47.1 Å². The van der Waals surface area contributed by atoms with Crippen molar-refractivity contribution in [3.63, 3.8) is 0 Å². The summed E-state index contributed by atoms with van der Waals surface area (Å²) in [5, 5.41) is 9.87. The van der Waals surface area contributed by atoms with E-state index in [1.165, 1.54) is 6.08 Å². The Hall–Kier alpha value is -1.87. The largest absolute Gasteiger partial charge is 0.478 e. The number of hydrogen-bond acceptors (Lipinski definition) is 2. The quantitative estimate of drug-likeness (QED) is 0.812. The fourth-order valence-corrected chi connectivity index (χ4v) is 1.71. The lowest BCUT2D eigenvalue weighted by molar-refractivity contribution is -0.131. The highest BCUT2D eigenvalue weighted by Crippen LogP contribution is 2.26. The Bertz CT molecular complexity index is 578. The molecule has 0 unspecified atom stereocenters. The Morgan fingerprint density at radius 2 is 2.19 bits per heavy atom. The van der Waals surface area contributed by atoms with Gasteiger partial charge in [-0.1, -0.05) is 17.7 Å². The molecule has 4 heteroatoms. The summed E-state index contributed by atoms with van der Waals surface area (Å²) >= 11 is 6.14. The SMILES string of the molecule is O=C(O)/C=C/c1ccc2ncccc2c1Cl. The Balaban J connectivity index is 2.56. The van der Waals surface area contributed by atoms with Gasteiger partial charge >= 0.3 is 5.97 Å². The fraction of sp³-hybridized carbons (Fsp3) is 0. The van der Waals surface area contributed by atoms with Gasteiger partial charge in [-0.15, -0.1) is 0 Å². The van der Waals surface area contributed by atoms with E-state index in [4.69, 9.17) is 16.7 Å². The van der Waals surface area contributed by atoms with Crippen LogP contribution in [0.2, 0.25) is 5.02 Å². The Morgan fingerprint density at radius 1 is 1.38 bits per heavy atom. The monoisotopic (exact) mass is 233 g/mol. The Labute approximate surface area is 97.0 Å². The first-order chi connectivity index (χ1) is 7.68.